The van der Waals surface area contributed by atoms with E-state index in [1.165, 1.54) is 0 Å². The molecule has 2 rings (SSSR count). The molecule has 2 aromatic rings. The van der Waals surface area contributed by atoms with E-state index in [-0.39, 0.29) is 11.9 Å². The highest BCUT2D eigenvalue weighted by Crippen LogP contribution is 2.14. The lowest BCUT2D eigenvalue weighted by atomic mass is 10.1. The number of aromatic nitrogens is 3. The molecule has 0 aliphatic heterocycles. The lowest BCUT2D eigenvalue weighted by molar-refractivity contribution is -0.122. The quantitative estimate of drug-likeness (QED) is 0.851. The summed E-state index contributed by atoms with van der Waals surface area (Å²) < 4.78 is 1.98. The first kappa shape index (κ1) is 15.2. The molecule has 0 saturated heterocycles. The Hall–Kier alpha value is -2.17. The van der Waals surface area contributed by atoms with Crippen molar-refractivity contribution in [3.05, 3.63) is 48.3 Å². The van der Waals surface area contributed by atoms with Crippen LogP contribution in [0.4, 0.5) is 0 Å². The van der Waals surface area contributed by atoms with Crippen LogP contribution in [0.5, 0.6) is 0 Å². The van der Waals surface area contributed by atoms with Crippen LogP contribution in [-0.4, -0.2) is 20.4 Å². The van der Waals surface area contributed by atoms with Gasteiger partial charge < -0.3 is 9.88 Å². The van der Waals surface area contributed by atoms with E-state index < -0.39 is 0 Å². The molecule has 2 heterocycles. The fraction of sp³-hybridized carbons (Fsp3) is 0.438. The Morgan fingerprint density at radius 1 is 1.43 bits per heavy atom. The first-order valence-corrected chi connectivity index (χ1v) is 7.36. The van der Waals surface area contributed by atoms with Crippen molar-refractivity contribution in [1.82, 2.24) is 19.9 Å². The number of amides is 1. The summed E-state index contributed by atoms with van der Waals surface area (Å²) in [6.45, 7) is 4.87. The first-order chi connectivity index (χ1) is 10.2. The topological polar surface area (TPSA) is 59.8 Å². The van der Waals surface area contributed by atoms with Gasteiger partial charge in [0.2, 0.25) is 5.91 Å². The van der Waals surface area contributed by atoms with Crippen LogP contribution in [0.1, 0.15) is 43.5 Å². The van der Waals surface area contributed by atoms with Gasteiger partial charge in [-0.25, -0.2) is 4.98 Å². The molecule has 0 aliphatic carbocycles. The number of imidazole rings is 1. The van der Waals surface area contributed by atoms with Crippen molar-refractivity contribution in [2.45, 2.75) is 45.7 Å². The molecule has 0 aliphatic rings. The minimum absolute atomic E-state index is 0.00801. The number of rotatable bonds is 7. The van der Waals surface area contributed by atoms with Gasteiger partial charge in [-0.05, 0) is 31.4 Å². The standard InChI is InChI=1S/C16H22N4O/c1-3-14(15-7-6-13(2)11-18-15)19-16(21)5-4-9-20-10-8-17-12-20/h6-8,10-12,14H,3-5,9H2,1-2H3,(H,19,21)/t14-/m0/s1. The molecule has 1 N–H and O–H groups in total. The number of pyridine rings is 1. The molecule has 0 saturated carbocycles. The molecule has 0 bridgehead atoms. The fourth-order valence-electron chi connectivity index (χ4n) is 2.18. The third-order valence-corrected chi connectivity index (χ3v) is 3.41. The van der Waals surface area contributed by atoms with E-state index in [4.69, 9.17) is 0 Å². The van der Waals surface area contributed by atoms with Gasteiger partial charge in [0.25, 0.3) is 0 Å². The van der Waals surface area contributed by atoms with Crippen LogP contribution < -0.4 is 5.32 Å². The predicted molar refractivity (Wildman–Crippen MR) is 81.6 cm³/mol. The van der Waals surface area contributed by atoms with E-state index in [0.717, 1.165) is 30.6 Å². The van der Waals surface area contributed by atoms with Gasteiger partial charge in [-0.1, -0.05) is 13.0 Å². The number of carbonyl (C=O) groups excluding carboxylic acids is 1. The normalized spacial score (nSPS) is 12.1. The summed E-state index contributed by atoms with van der Waals surface area (Å²) in [7, 11) is 0. The van der Waals surface area contributed by atoms with Crippen LogP contribution >= 0.6 is 0 Å². The molecule has 1 amide bonds. The molecule has 1 atom stereocenters. The number of hydrogen-bond acceptors (Lipinski definition) is 3. The van der Waals surface area contributed by atoms with Gasteiger partial charge in [-0.15, -0.1) is 0 Å². The van der Waals surface area contributed by atoms with Crippen molar-refractivity contribution >= 4 is 5.91 Å². The Kier molecular flexibility index (Phi) is 5.49. The summed E-state index contributed by atoms with van der Waals surface area (Å²) in [6.07, 6.45) is 9.41. The predicted octanol–water partition coefficient (Wildman–Crippen LogP) is 2.63. The van der Waals surface area contributed by atoms with Crippen molar-refractivity contribution in [2.24, 2.45) is 0 Å². The Labute approximate surface area is 125 Å². The molecule has 21 heavy (non-hydrogen) atoms. The molecule has 0 aromatic carbocycles. The van der Waals surface area contributed by atoms with Gasteiger partial charge in [-0.3, -0.25) is 9.78 Å². The number of nitrogens with one attached hydrogen (secondary N) is 1. The summed E-state index contributed by atoms with van der Waals surface area (Å²) in [5, 5.41) is 3.06. The summed E-state index contributed by atoms with van der Waals surface area (Å²) in [5.41, 5.74) is 2.05. The Bertz CT molecular complexity index is 548. The second-order valence-electron chi connectivity index (χ2n) is 5.19. The Balaban J connectivity index is 1.80. The molecule has 0 radical (unpaired) electrons. The lowest BCUT2D eigenvalue weighted by Crippen LogP contribution is -2.28. The molecule has 5 nitrogen and oxygen atoms in total. The van der Waals surface area contributed by atoms with Gasteiger partial charge in [0.1, 0.15) is 0 Å². The molecule has 2 aromatic heterocycles. The van der Waals surface area contributed by atoms with E-state index >= 15 is 0 Å². The van der Waals surface area contributed by atoms with E-state index in [0.29, 0.717) is 6.42 Å². The summed E-state index contributed by atoms with van der Waals surface area (Å²) in [6, 6.07) is 4.00. The highest BCUT2D eigenvalue weighted by atomic mass is 16.1. The maximum atomic E-state index is 12.0. The highest BCUT2D eigenvalue weighted by Gasteiger charge is 2.13. The van der Waals surface area contributed by atoms with Crippen molar-refractivity contribution in [1.29, 1.82) is 0 Å². The zero-order valence-electron chi connectivity index (χ0n) is 12.6. The van der Waals surface area contributed by atoms with Gasteiger partial charge in [0.15, 0.2) is 0 Å². The van der Waals surface area contributed by atoms with Crippen LogP contribution in [-0.2, 0) is 11.3 Å². The SMILES string of the molecule is CC[C@H](NC(=O)CCCn1ccnc1)c1ccc(C)cn1. The summed E-state index contributed by atoms with van der Waals surface area (Å²) in [4.78, 5) is 20.4. The minimum Gasteiger partial charge on any atom is -0.348 e. The van der Waals surface area contributed by atoms with Crippen molar-refractivity contribution in [2.75, 3.05) is 0 Å². The summed E-state index contributed by atoms with van der Waals surface area (Å²) >= 11 is 0. The minimum atomic E-state index is -0.00801. The van der Waals surface area contributed by atoms with E-state index in [1.54, 1.807) is 12.5 Å². The van der Waals surface area contributed by atoms with Crippen LogP contribution in [0.25, 0.3) is 0 Å². The Morgan fingerprint density at radius 3 is 2.90 bits per heavy atom. The maximum Gasteiger partial charge on any atom is 0.220 e. The lowest BCUT2D eigenvalue weighted by Gasteiger charge is -2.16. The van der Waals surface area contributed by atoms with Crippen LogP contribution in [0, 0.1) is 6.92 Å². The smallest absolute Gasteiger partial charge is 0.220 e. The molecular weight excluding hydrogens is 264 g/mol. The van der Waals surface area contributed by atoms with Gasteiger partial charge in [0.05, 0.1) is 18.1 Å². The fourth-order valence-corrected chi connectivity index (χ4v) is 2.18. The first-order valence-electron chi connectivity index (χ1n) is 7.36. The third kappa shape index (κ3) is 4.70. The second-order valence-corrected chi connectivity index (χ2v) is 5.19. The molecule has 112 valence electrons. The van der Waals surface area contributed by atoms with E-state index in [2.05, 4.69) is 22.2 Å². The molecule has 0 fully saturated rings. The average molecular weight is 286 g/mol. The van der Waals surface area contributed by atoms with Gasteiger partial charge in [0, 0.05) is 31.6 Å². The van der Waals surface area contributed by atoms with Crippen molar-refractivity contribution in [3.8, 4) is 0 Å². The third-order valence-electron chi connectivity index (χ3n) is 3.41. The van der Waals surface area contributed by atoms with Crippen LogP contribution in [0.3, 0.4) is 0 Å². The number of carbonyl (C=O) groups is 1. The number of aryl methyl sites for hydroxylation is 2. The van der Waals surface area contributed by atoms with Crippen LogP contribution in [0.15, 0.2) is 37.1 Å². The van der Waals surface area contributed by atoms with E-state index in [1.807, 2.05) is 36.0 Å². The Morgan fingerprint density at radius 2 is 2.29 bits per heavy atom. The van der Waals surface area contributed by atoms with Gasteiger partial charge >= 0.3 is 0 Å². The number of hydrogen-bond donors (Lipinski definition) is 1. The summed E-state index contributed by atoms with van der Waals surface area (Å²) in [5.74, 6) is 0.0735. The van der Waals surface area contributed by atoms with Crippen LogP contribution in [0.2, 0.25) is 0 Å². The zero-order chi connectivity index (χ0) is 15.1. The van der Waals surface area contributed by atoms with Crippen molar-refractivity contribution < 1.29 is 4.79 Å². The molecule has 5 heteroatoms. The monoisotopic (exact) mass is 286 g/mol. The maximum absolute atomic E-state index is 12.0. The molecule has 0 spiro atoms. The number of nitrogens with zero attached hydrogens (tertiary/aromatic N) is 3. The van der Waals surface area contributed by atoms with Crippen molar-refractivity contribution in [3.63, 3.8) is 0 Å². The second kappa shape index (κ2) is 7.57. The average Bonchev–Trinajstić information content (AvgIpc) is 2.99. The van der Waals surface area contributed by atoms with Gasteiger partial charge in [-0.2, -0.15) is 0 Å². The zero-order valence-corrected chi connectivity index (χ0v) is 12.6. The molecular formula is C16H22N4O. The molecule has 0 unspecified atom stereocenters. The largest absolute Gasteiger partial charge is 0.348 e. The highest BCUT2D eigenvalue weighted by molar-refractivity contribution is 5.76. The van der Waals surface area contributed by atoms with E-state index in [9.17, 15) is 4.79 Å².